The van der Waals surface area contributed by atoms with Gasteiger partial charge in [0.1, 0.15) is 12.4 Å². The van der Waals surface area contributed by atoms with Crippen molar-refractivity contribution in [2.24, 2.45) is 0 Å². The van der Waals surface area contributed by atoms with Crippen molar-refractivity contribution in [2.75, 3.05) is 18.1 Å². The van der Waals surface area contributed by atoms with Gasteiger partial charge in [0.15, 0.2) is 9.84 Å². The minimum Gasteiger partial charge on any atom is -0.493 e. The van der Waals surface area contributed by atoms with Crippen molar-refractivity contribution in [3.05, 3.63) is 53.0 Å². The summed E-state index contributed by atoms with van der Waals surface area (Å²) in [7, 11) is -3.38. The Labute approximate surface area is 126 Å². The lowest BCUT2D eigenvalue weighted by Gasteiger charge is -2.08. The van der Waals surface area contributed by atoms with E-state index < -0.39 is 9.84 Å². The molecule has 0 fully saturated rings. The largest absolute Gasteiger partial charge is 0.493 e. The molecular weight excluding hydrogens is 342 g/mol. The lowest BCUT2D eigenvalue weighted by molar-refractivity contribution is 0.341. The van der Waals surface area contributed by atoms with Crippen molar-refractivity contribution >= 4 is 31.5 Å². The second-order valence-electron chi connectivity index (χ2n) is 4.19. The first kappa shape index (κ1) is 14.9. The Kier molecular flexibility index (Phi) is 4.67. The van der Waals surface area contributed by atoms with E-state index in [4.69, 9.17) is 10.5 Å². The van der Waals surface area contributed by atoms with Gasteiger partial charge in [-0.05, 0) is 42.5 Å². The molecule has 2 rings (SSSR count). The second-order valence-corrected chi connectivity index (χ2v) is 7.22. The van der Waals surface area contributed by atoms with Crippen LogP contribution in [0.15, 0.2) is 57.9 Å². The molecule has 4 nitrogen and oxygen atoms in total. The van der Waals surface area contributed by atoms with Gasteiger partial charge >= 0.3 is 0 Å². The van der Waals surface area contributed by atoms with Gasteiger partial charge in [-0.3, -0.25) is 0 Å². The van der Waals surface area contributed by atoms with Crippen LogP contribution >= 0.6 is 15.9 Å². The number of rotatable bonds is 5. The summed E-state index contributed by atoms with van der Waals surface area (Å²) in [6, 6.07) is 13.5. The van der Waals surface area contributed by atoms with Crippen LogP contribution in [-0.4, -0.2) is 20.8 Å². The van der Waals surface area contributed by atoms with Gasteiger partial charge in [-0.1, -0.05) is 22.0 Å². The van der Waals surface area contributed by atoms with Crippen molar-refractivity contribution in [2.45, 2.75) is 4.90 Å². The highest BCUT2D eigenvalue weighted by Gasteiger charge is 2.14. The number of hydrogen-bond acceptors (Lipinski definition) is 4. The number of nitrogens with two attached hydrogens (primary N) is 1. The number of sulfone groups is 1. The fourth-order valence-corrected chi connectivity index (χ4v) is 3.03. The van der Waals surface area contributed by atoms with E-state index in [0.29, 0.717) is 11.4 Å². The topological polar surface area (TPSA) is 69.4 Å². The SMILES string of the molecule is Nc1cccc(S(=O)(=O)CCOc2ccc(Br)cc2)c1. The molecule has 0 bridgehead atoms. The molecule has 0 heterocycles. The predicted molar refractivity (Wildman–Crippen MR) is 82.5 cm³/mol. The zero-order chi connectivity index (χ0) is 14.6. The summed E-state index contributed by atoms with van der Waals surface area (Å²) >= 11 is 3.32. The van der Waals surface area contributed by atoms with Crippen LogP contribution in [0.4, 0.5) is 5.69 Å². The normalized spacial score (nSPS) is 11.2. The molecule has 0 saturated carbocycles. The van der Waals surface area contributed by atoms with Crippen molar-refractivity contribution in [3.63, 3.8) is 0 Å². The van der Waals surface area contributed by atoms with Crippen LogP contribution in [0, 0.1) is 0 Å². The molecule has 2 aromatic carbocycles. The molecule has 6 heteroatoms. The van der Waals surface area contributed by atoms with Crippen LogP contribution in [0.5, 0.6) is 5.75 Å². The molecule has 0 aromatic heterocycles. The van der Waals surface area contributed by atoms with Crippen molar-refractivity contribution in [3.8, 4) is 5.75 Å². The molecule has 106 valence electrons. The molecule has 0 amide bonds. The van der Waals surface area contributed by atoms with E-state index in [1.807, 2.05) is 12.1 Å². The predicted octanol–water partition coefficient (Wildman–Crippen LogP) is 2.88. The molecule has 0 aliphatic carbocycles. The Hall–Kier alpha value is -1.53. The molecular formula is C14H14BrNO3S. The highest BCUT2D eigenvalue weighted by Crippen LogP contribution is 2.17. The van der Waals surface area contributed by atoms with Gasteiger partial charge in [-0.15, -0.1) is 0 Å². The molecule has 0 aliphatic heterocycles. The molecule has 0 radical (unpaired) electrons. The van der Waals surface area contributed by atoms with Crippen LogP contribution in [0.1, 0.15) is 0 Å². The minimum atomic E-state index is -3.38. The van der Waals surface area contributed by atoms with Gasteiger partial charge in [0, 0.05) is 10.2 Å². The highest BCUT2D eigenvalue weighted by atomic mass is 79.9. The molecule has 0 aliphatic rings. The zero-order valence-corrected chi connectivity index (χ0v) is 13.0. The highest BCUT2D eigenvalue weighted by molar-refractivity contribution is 9.10. The van der Waals surface area contributed by atoms with Gasteiger partial charge in [0.05, 0.1) is 10.6 Å². The lowest BCUT2D eigenvalue weighted by atomic mass is 10.3. The fraction of sp³-hybridized carbons (Fsp3) is 0.143. The Morgan fingerprint density at radius 3 is 2.45 bits per heavy atom. The maximum Gasteiger partial charge on any atom is 0.181 e. The number of anilines is 1. The molecule has 0 spiro atoms. The van der Waals surface area contributed by atoms with Crippen molar-refractivity contribution in [1.29, 1.82) is 0 Å². The van der Waals surface area contributed by atoms with Crippen LogP contribution in [-0.2, 0) is 9.84 Å². The van der Waals surface area contributed by atoms with Gasteiger partial charge in [-0.2, -0.15) is 0 Å². The summed E-state index contributed by atoms with van der Waals surface area (Å²) < 4.78 is 30.5. The maximum atomic E-state index is 12.1. The third-order valence-electron chi connectivity index (χ3n) is 2.65. The van der Waals surface area contributed by atoms with Crippen LogP contribution in [0.2, 0.25) is 0 Å². The van der Waals surface area contributed by atoms with Crippen LogP contribution in [0.25, 0.3) is 0 Å². The maximum absolute atomic E-state index is 12.1. The van der Waals surface area contributed by atoms with Crippen molar-refractivity contribution in [1.82, 2.24) is 0 Å². The summed E-state index contributed by atoms with van der Waals surface area (Å²) in [4.78, 5) is 0.219. The van der Waals surface area contributed by atoms with E-state index in [1.165, 1.54) is 12.1 Å². The van der Waals surface area contributed by atoms with Gasteiger partial charge < -0.3 is 10.5 Å². The summed E-state index contributed by atoms with van der Waals surface area (Å²) in [6.07, 6.45) is 0. The molecule has 0 unspecified atom stereocenters. The van der Waals surface area contributed by atoms with Gasteiger partial charge in [0.25, 0.3) is 0 Å². The van der Waals surface area contributed by atoms with E-state index in [1.54, 1.807) is 24.3 Å². The zero-order valence-electron chi connectivity index (χ0n) is 10.6. The van der Waals surface area contributed by atoms with E-state index in [-0.39, 0.29) is 17.3 Å². The summed E-state index contributed by atoms with van der Waals surface area (Å²) in [5.74, 6) is 0.544. The quantitative estimate of drug-likeness (QED) is 0.837. The van der Waals surface area contributed by atoms with E-state index >= 15 is 0 Å². The number of hydrogen-bond donors (Lipinski definition) is 1. The van der Waals surface area contributed by atoms with Gasteiger partial charge in [-0.25, -0.2) is 8.42 Å². The molecule has 0 atom stereocenters. The van der Waals surface area contributed by atoms with E-state index in [0.717, 1.165) is 4.47 Å². The molecule has 20 heavy (non-hydrogen) atoms. The second kappa shape index (κ2) is 6.28. The number of nitrogen functional groups attached to an aromatic ring is 1. The Morgan fingerprint density at radius 1 is 1.10 bits per heavy atom. The standard InChI is InChI=1S/C14H14BrNO3S/c15-11-4-6-13(7-5-11)19-8-9-20(17,18)14-3-1-2-12(16)10-14/h1-7,10H,8-9,16H2. The third-order valence-corrected chi connectivity index (χ3v) is 4.86. The number of ether oxygens (including phenoxy) is 1. The number of benzene rings is 2. The average molecular weight is 356 g/mol. The Balaban J connectivity index is 1.98. The first-order chi connectivity index (χ1) is 9.47. The third kappa shape index (κ3) is 3.98. The van der Waals surface area contributed by atoms with Gasteiger partial charge in [0.2, 0.25) is 0 Å². The first-order valence-electron chi connectivity index (χ1n) is 5.94. The summed E-state index contributed by atoms with van der Waals surface area (Å²) in [6.45, 7) is 0.0960. The number of halogens is 1. The minimum absolute atomic E-state index is 0.0908. The lowest BCUT2D eigenvalue weighted by Crippen LogP contribution is -2.14. The average Bonchev–Trinajstić information content (AvgIpc) is 2.41. The van der Waals surface area contributed by atoms with Crippen LogP contribution in [0.3, 0.4) is 0 Å². The fourth-order valence-electron chi connectivity index (χ4n) is 1.63. The summed E-state index contributed by atoms with van der Waals surface area (Å²) in [5.41, 5.74) is 6.02. The van der Waals surface area contributed by atoms with E-state index in [2.05, 4.69) is 15.9 Å². The smallest absolute Gasteiger partial charge is 0.181 e. The molecule has 2 N–H and O–H groups in total. The van der Waals surface area contributed by atoms with Crippen LogP contribution < -0.4 is 10.5 Å². The monoisotopic (exact) mass is 355 g/mol. The Bertz CT molecular complexity index is 684. The summed E-state index contributed by atoms with van der Waals surface area (Å²) in [5, 5.41) is 0. The van der Waals surface area contributed by atoms with Crippen molar-refractivity contribution < 1.29 is 13.2 Å². The molecule has 0 saturated heterocycles. The first-order valence-corrected chi connectivity index (χ1v) is 8.38. The Morgan fingerprint density at radius 2 is 1.80 bits per heavy atom. The molecule has 2 aromatic rings. The van der Waals surface area contributed by atoms with E-state index in [9.17, 15) is 8.42 Å².